The lowest BCUT2D eigenvalue weighted by atomic mass is 10.1. The molecule has 0 aliphatic rings. The number of fused-ring (bicyclic) bond motifs is 1. The maximum Gasteiger partial charge on any atom is 0.280 e. The highest BCUT2D eigenvalue weighted by Gasteiger charge is 2.22. The molecule has 0 atom stereocenters. The van der Waals surface area contributed by atoms with E-state index in [-0.39, 0.29) is 16.8 Å². The van der Waals surface area contributed by atoms with Crippen molar-refractivity contribution in [3.63, 3.8) is 0 Å². The number of halogens is 4. The molecule has 86 valence electrons. The van der Waals surface area contributed by atoms with Gasteiger partial charge in [0.25, 0.3) is 18.6 Å². The normalized spacial score (nSPS) is 11.9. The Morgan fingerprint density at radius 3 is 2.44 bits per heavy atom. The molecule has 0 unspecified atom stereocenters. The molecule has 0 amide bonds. The van der Waals surface area contributed by atoms with Crippen molar-refractivity contribution in [1.82, 2.24) is 10.1 Å². The molecule has 0 aliphatic carbocycles. The molecule has 0 radical (unpaired) electrons. The van der Waals surface area contributed by atoms with E-state index in [0.717, 1.165) is 0 Å². The van der Waals surface area contributed by atoms with Gasteiger partial charge in [0.2, 0.25) is 0 Å². The highest BCUT2D eigenvalue weighted by Crippen LogP contribution is 2.32. The Morgan fingerprint density at radius 2 is 1.88 bits per heavy atom. The topological polar surface area (TPSA) is 38.9 Å². The lowest BCUT2D eigenvalue weighted by molar-refractivity contribution is 0.141. The highest BCUT2D eigenvalue weighted by molar-refractivity contribution is 5.80. The molecule has 7 heteroatoms. The third-order valence-electron chi connectivity index (χ3n) is 2.13. The van der Waals surface area contributed by atoms with Crippen molar-refractivity contribution in [3.05, 3.63) is 23.0 Å². The summed E-state index contributed by atoms with van der Waals surface area (Å²) in [7, 11) is 0. The van der Waals surface area contributed by atoms with E-state index in [4.69, 9.17) is 0 Å². The third kappa shape index (κ3) is 1.62. The molecule has 2 aromatic rings. The number of alkyl halides is 4. The zero-order valence-electron chi connectivity index (χ0n) is 8.05. The van der Waals surface area contributed by atoms with Gasteiger partial charge in [0, 0.05) is 5.56 Å². The van der Waals surface area contributed by atoms with Crippen molar-refractivity contribution in [2.45, 2.75) is 19.8 Å². The average molecular weight is 234 g/mol. The summed E-state index contributed by atoms with van der Waals surface area (Å²) in [5.74, 6) is 0. The molecule has 0 aliphatic heterocycles. The Hall–Kier alpha value is -1.66. The summed E-state index contributed by atoms with van der Waals surface area (Å²) in [5, 5.41) is 3.42. The quantitative estimate of drug-likeness (QED) is 0.747. The first kappa shape index (κ1) is 10.8. The van der Waals surface area contributed by atoms with Crippen molar-refractivity contribution in [2.24, 2.45) is 0 Å². The maximum absolute atomic E-state index is 12.7. The van der Waals surface area contributed by atoms with Gasteiger partial charge < -0.3 is 4.52 Å². The highest BCUT2D eigenvalue weighted by atomic mass is 19.3. The number of pyridine rings is 1. The predicted molar refractivity (Wildman–Crippen MR) is 46.5 cm³/mol. The second kappa shape index (κ2) is 3.73. The van der Waals surface area contributed by atoms with E-state index >= 15 is 0 Å². The van der Waals surface area contributed by atoms with Gasteiger partial charge in [-0.1, -0.05) is 5.16 Å². The van der Waals surface area contributed by atoms with Gasteiger partial charge in [-0.3, -0.25) is 0 Å². The van der Waals surface area contributed by atoms with Gasteiger partial charge in [-0.15, -0.1) is 0 Å². The van der Waals surface area contributed by atoms with Gasteiger partial charge in [0.05, 0.1) is 11.1 Å². The van der Waals surface area contributed by atoms with Gasteiger partial charge in [0.15, 0.2) is 0 Å². The van der Waals surface area contributed by atoms with Crippen LogP contribution < -0.4 is 0 Å². The van der Waals surface area contributed by atoms with Crippen LogP contribution in [-0.4, -0.2) is 10.1 Å². The molecular formula is C9H6F4N2O. The van der Waals surface area contributed by atoms with Gasteiger partial charge in [0.1, 0.15) is 5.69 Å². The number of aromatic nitrogens is 2. The van der Waals surface area contributed by atoms with E-state index in [1.807, 2.05) is 0 Å². The Labute approximate surface area is 87.1 Å². The fraction of sp³-hybridized carbons (Fsp3) is 0.333. The third-order valence-corrected chi connectivity index (χ3v) is 2.13. The zero-order valence-corrected chi connectivity index (χ0v) is 8.05. The molecule has 0 bridgehead atoms. The SMILES string of the molecule is Cc1noc2nc(C(F)F)cc(C(F)F)c12. The molecule has 0 fully saturated rings. The maximum atomic E-state index is 12.7. The fourth-order valence-electron chi connectivity index (χ4n) is 1.43. The molecule has 0 saturated carbocycles. The van der Waals surface area contributed by atoms with Crippen LogP contribution in [0.5, 0.6) is 0 Å². The van der Waals surface area contributed by atoms with E-state index in [1.54, 1.807) is 0 Å². The van der Waals surface area contributed by atoms with E-state index in [1.165, 1.54) is 6.92 Å². The minimum absolute atomic E-state index is 0.000556. The number of hydrogen-bond donors (Lipinski definition) is 0. The molecule has 0 N–H and O–H groups in total. The minimum Gasteiger partial charge on any atom is -0.336 e. The molecular weight excluding hydrogens is 228 g/mol. The van der Waals surface area contributed by atoms with Crippen LogP contribution in [0, 0.1) is 6.92 Å². The number of hydrogen-bond acceptors (Lipinski definition) is 3. The lowest BCUT2D eigenvalue weighted by Gasteiger charge is -2.04. The standard InChI is InChI=1S/C9H6F4N2O/c1-3-6-4(7(10)11)2-5(8(12)13)14-9(6)16-15-3/h2,7-8H,1H3. The number of rotatable bonds is 2. The van der Waals surface area contributed by atoms with Gasteiger partial charge in [-0.05, 0) is 13.0 Å². The lowest BCUT2D eigenvalue weighted by Crippen LogP contribution is -1.95. The molecule has 2 rings (SSSR count). The smallest absolute Gasteiger partial charge is 0.280 e. The van der Waals surface area contributed by atoms with Crippen LogP contribution >= 0.6 is 0 Å². The molecule has 0 saturated heterocycles. The molecule has 16 heavy (non-hydrogen) atoms. The Balaban J connectivity index is 2.76. The summed E-state index contributed by atoms with van der Waals surface area (Å²) in [6, 6.07) is 0.682. The van der Waals surface area contributed by atoms with Crippen LogP contribution in [0.15, 0.2) is 10.6 Å². The van der Waals surface area contributed by atoms with E-state index in [2.05, 4.69) is 14.7 Å². The Kier molecular flexibility index (Phi) is 2.53. The molecule has 2 aromatic heterocycles. The van der Waals surface area contributed by atoms with Crippen molar-refractivity contribution in [1.29, 1.82) is 0 Å². The summed E-state index contributed by atoms with van der Waals surface area (Å²) in [6.07, 6.45) is -5.80. The van der Waals surface area contributed by atoms with Crippen LogP contribution in [0.25, 0.3) is 11.1 Å². The predicted octanol–water partition coefficient (Wildman–Crippen LogP) is 3.41. The molecule has 2 heterocycles. The van der Waals surface area contributed by atoms with E-state index < -0.39 is 24.1 Å². The summed E-state index contributed by atoms with van der Waals surface area (Å²) < 4.78 is 54.7. The van der Waals surface area contributed by atoms with E-state index in [9.17, 15) is 17.6 Å². The van der Waals surface area contributed by atoms with Crippen LogP contribution in [0.3, 0.4) is 0 Å². The van der Waals surface area contributed by atoms with Crippen LogP contribution in [0.2, 0.25) is 0 Å². The number of aryl methyl sites for hydroxylation is 1. The Bertz CT molecular complexity index is 523. The van der Waals surface area contributed by atoms with Crippen LogP contribution in [0.4, 0.5) is 17.6 Å². The second-order valence-corrected chi connectivity index (χ2v) is 3.19. The summed E-state index contributed by atoms with van der Waals surface area (Å²) in [6.45, 7) is 1.45. The molecule has 0 spiro atoms. The summed E-state index contributed by atoms with van der Waals surface area (Å²) in [5.41, 5.74) is -1.35. The van der Waals surface area contributed by atoms with Crippen molar-refractivity contribution < 1.29 is 22.1 Å². The van der Waals surface area contributed by atoms with Gasteiger partial charge >= 0.3 is 0 Å². The first-order valence-electron chi connectivity index (χ1n) is 4.34. The minimum atomic E-state index is -2.92. The monoisotopic (exact) mass is 234 g/mol. The van der Waals surface area contributed by atoms with Crippen molar-refractivity contribution in [3.8, 4) is 0 Å². The summed E-state index contributed by atoms with van der Waals surface area (Å²) in [4.78, 5) is 3.43. The second-order valence-electron chi connectivity index (χ2n) is 3.19. The van der Waals surface area contributed by atoms with Gasteiger partial charge in [-0.25, -0.2) is 22.5 Å². The first-order chi connectivity index (χ1) is 7.50. The summed E-state index contributed by atoms with van der Waals surface area (Å²) >= 11 is 0. The van der Waals surface area contributed by atoms with Gasteiger partial charge in [-0.2, -0.15) is 0 Å². The number of nitrogens with zero attached hydrogens (tertiary/aromatic N) is 2. The molecule has 0 aromatic carbocycles. The van der Waals surface area contributed by atoms with E-state index in [0.29, 0.717) is 6.07 Å². The van der Waals surface area contributed by atoms with Crippen molar-refractivity contribution >= 4 is 11.1 Å². The molecule has 3 nitrogen and oxygen atoms in total. The average Bonchev–Trinajstić information content (AvgIpc) is 2.59. The van der Waals surface area contributed by atoms with Crippen LogP contribution in [-0.2, 0) is 0 Å². The zero-order chi connectivity index (χ0) is 11.9. The fourth-order valence-corrected chi connectivity index (χ4v) is 1.43. The first-order valence-corrected chi connectivity index (χ1v) is 4.34. The van der Waals surface area contributed by atoms with Crippen molar-refractivity contribution in [2.75, 3.05) is 0 Å². The Morgan fingerprint density at radius 1 is 1.19 bits per heavy atom. The largest absolute Gasteiger partial charge is 0.336 e. The van der Waals surface area contributed by atoms with Crippen LogP contribution in [0.1, 0.15) is 29.8 Å².